The summed E-state index contributed by atoms with van der Waals surface area (Å²) in [5.41, 5.74) is 7.44. The first kappa shape index (κ1) is 27.7. The van der Waals surface area contributed by atoms with Crippen LogP contribution in [0.1, 0.15) is 75.6 Å². The number of benzene rings is 2. The molecule has 2 aromatic carbocycles. The summed E-state index contributed by atoms with van der Waals surface area (Å²) < 4.78 is 0. The fourth-order valence-electron chi connectivity index (χ4n) is 3.97. The number of nitrogens with zero attached hydrogens (tertiary/aromatic N) is 1. The van der Waals surface area contributed by atoms with Gasteiger partial charge < -0.3 is 10.1 Å². The van der Waals surface area contributed by atoms with Crippen molar-refractivity contribution in [2.75, 3.05) is 0 Å². The van der Waals surface area contributed by atoms with Gasteiger partial charge in [-0.05, 0) is 59.3 Å². The minimum atomic E-state index is -0.125. The van der Waals surface area contributed by atoms with Crippen LogP contribution in [0.25, 0.3) is 22.0 Å². The van der Waals surface area contributed by atoms with Crippen LogP contribution in [0.5, 0.6) is 0 Å². The van der Waals surface area contributed by atoms with Crippen LogP contribution in [0.15, 0.2) is 48.4 Å². The maximum Gasteiger partial charge on any atom is 0.155 e. The van der Waals surface area contributed by atoms with E-state index < -0.39 is 0 Å². The number of aliphatic hydroxyl groups is 1. The van der Waals surface area contributed by atoms with Gasteiger partial charge in [0, 0.05) is 32.4 Å². The third kappa shape index (κ3) is 7.12. The van der Waals surface area contributed by atoms with Crippen LogP contribution in [-0.4, -0.2) is 15.9 Å². The zero-order valence-electron chi connectivity index (χ0n) is 20.3. The molecule has 4 heteroatoms. The van der Waals surface area contributed by atoms with E-state index in [4.69, 9.17) is 10.1 Å². The number of fused-ring (bicyclic) bond motifs is 1. The molecule has 0 aliphatic rings. The Balaban J connectivity index is 0.000000558. The SMILES string of the molecule is CC(=O)/C=C(/C)O.Cc1[c-]c(-c2nccc3c(C(C)C)c(C(C)C)ccc23)cc(C)c1.[Ir]. The van der Waals surface area contributed by atoms with Crippen molar-refractivity contribution in [3.8, 4) is 11.3 Å². The molecular formula is C28H34IrNO2-. The predicted molar refractivity (Wildman–Crippen MR) is 131 cm³/mol. The molecule has 1 radical (unpaired) electrons. The zero-order chi connectivity index (χ0) is 23.3. The van der Waals surface area contributed by atoms with E-state index in [-0.39, 0.29) is 31.6 Å². The molecule has 32 heavy (non-hydrogen) atoms. The molecule has 173 valence electrons. The van der Waals surface area contributed by atoms with E-state index in [9.17, 15) is 4.79 Å². The molecule has 3 rings (SSSR count). The first-order valence-corrected chi connectivity index (χ1v) is 10.8. The Morgan fingerprint density at radius 2 is 1.66 bits per heavy atom. The smallest absolute Gasteiger partial charge is 0.155 e. The molecule has 0 spiro atoms. The average molecular weight is 609 g/mol. The largest absolute Gasteiger partial charge is 0.512 e. The van der Waals surface area contributed by atoms with Crippen molar-refractivity contribution in [1.82, 2.24) is 4.98 Å². The fourth-order valence-corrected chi connectivity index (χ4v) is 3.97. The molecule has 1 heterocycles. The molecule has 1 N–H and O–H groups in total. The van der Waals surface area contributed by atoms with E-state index in [0.717, 1.165) is 16.8 Å². The number of rotatable bonds is 4. The van der Waals surface area contributed by atoms with Crippen molar-refractivity contribution < 1.29 is 30.0 Å². The number of allylic oxidation sites excluding steroid dienone is 2. The standard InChI is InChI=1S/C23H26N.C5H8O2.Ir/c1-14(2)19-7-8-21-20(22(19)15(3)4)9-10-24-23(21)18-12-16(5)11-17(6)13-18;1-4(6)3-5(2)7;/h7-12,14-15H,1-6H3;3,6H,1-2H3;/q-1;;/b;4-3-;. The maximum atomic E-state index is 10.0. The predicted octanol–water partition coefficient (Wildman–Crippen LogP) is 7.60. The van der Waals surface area contributed by atoms with Gasteiger partial charge in [-0.25, -0.2) is 0 Å². The van der Waals surface area contributed by atoms with Crippen LogP contribution >= 0.6 is 0 Å². The van der Waals surface area contributed by atoms with Crippen LogP contribution in [0.2, 0.25) is 0 Å². The van der Waals surface area contributed by atoms with Gasteiger partial charge in [-0.3, -0.25) is 4.79 Å². The number of carbonyl (C=O) groups excluding carboxylic acids is 1. The molecule has 0 unspecified atom stereocenters. The summed E-state index contributed by atoms with van der Waals surface area (Å²) >= 11 is 0. The Morgan fingerprint density at radius 3 is 2.12 bits per heavy atom. The fraction of sp³-hybridized carbons (Fsp3) is 0.357. The van der Waals surface area contributed by atoms with Gasteiger partial charge in [0.1, 0.15) is 0 Å². The van der Waals surface area contributed by atoms with Gasteiger partial charge in [0.15, 0.2) is 5.78 Å². The monoisotopic (exact) mass is 609 g/mol. The third-order valence-electron chi connectivity index (χ3n) is 5.04. The molecule has 0 aliphatic heterocycles. The molecule has 0 aliphatic carbocycles. The first-order valence-electron chi connectivity index (χ1n) is 10.8. The first-order chi connectivity index (χ1) is 14.5. The molecule has 3 nitrogen and oxygen atoms in total. The van der Waals surface area contributed by atoms with Gasteiger partial charge >= 0.3 is 0 Å². The van der Waals surface area contributed by atoms with Crippen LogP contribution in [0.4, 0.5) is 0 Å². The summed E-state index contributed by atoms with van der Waals surface area (Å²) in [5.74, 6) is 0.952. The van der Waals surface area contributed by atoms with Gasteiger partial charge in [-0.2, -0.15) is 0 Å². The summed E-state index contributed by atoms with van der Waals surface area (Å²) in [5, 5.41) is 10.9. The topological polar surface area (TPSA) is 50.2 Å². The zero-order valence-corrected chi connectivity index (χ0v) is 22.7. The number of aromatic nitrogens is 1. The number of aliphatic hydroxyl groups excluding tert-OH is 1. The maximum absolute atomic E-state index is 10.0. The number of carbonyl (C=O) groups is 1. The third-order valence-corrected chi connectivity index (χ3v) is 5.04. The van der Waals surface area contributed by atoms with Crippen molar-refractivity contribution in [1.29, 1.82) is 0 Å². The quantitative estimate of drug-likeness (QED) is 0.189. The minimum absolute atomic E-state index is 0. The van der Waals surface area contributed by atoms with E-state index in [1.165, 1.54) is 47.4 Å². The number of hydrogen-bond acceptors (Lipinski definition) is 3. The van der Waals surface area contributed by atoms with E-state index in [1.807, 2.05) is 6.20 Å². The van der Waals surface area contributed by atoms with Crippen molar-refractivity contribution in [3.05, 3.63) is 76.7 Å². The van der Waals surface area contributed by atoms with E-state index >= 15 is 0 Å². The van der Waals surface area contributed by atoms with E-state index in [0.29, 0.717) is 11.8 Å². The molecule has 0 saturated heterocycles. The Morgan fingerprint density at radius 1 is 1.00 bits per heavy atom. The summed E-state index contributed by atoms with van der Waals surface area (Å²) in [6.45, 7) is 16.2. The Kier molecular flexibility index (Phi) is 10.5. The molecule has 0 saturated carbocycles. The Labute approximate surface area is 206 Å². The second-order valence-corrected chi connectivity index (χ2v) is 8.78. The van der Waals surface area contributed by atoms with Crippen LogP contribution < -0.4 is 0 Å². The molecular weight excluding hydrogens is 575 g/mol. The van der Waals surface area contributed by atoms with Gasteiger partial charge in [0.25, 0.3) is 0 Å². The molecule has 0 atom stereocenters. The normalized spacial score (nSPS) is 11.2. The molecule has 3 aromatic rings. The summed E-state index contributed by atoms with van der Waals surface area (Å²) in [6.07, 6.45) is 3.11. The minimum Gasteiger partial charge on any atom is -0.512 e. The van der Waals surface area contributed by atoms with Gasteiger partial charge in [-0.15, -0.1) is 34.9 Å². The van der Waals surface area contributed by atoms with E-state index in [1.54, 1.807) is 0 Å². The second-order valence-electron chi connectivity index (χ2n) is 8.78. The van der Waals surface area contributed by atoms with Crippen LogP contribution in [0, 0.1) is 19.9 Å². The Bertz CT molecular complexity index is 1090. The molecule has 0 amide bonds. The van der Waals surface area contributed by atoms with E-state index in [2.05, 4.69) is 77.9 Å². The molecule has 0 fully saturated rings. The number of hydrogen-bond donors (Lipinski definition) is 1. The molecule has 1 aromatic heterocycles. The Hall–Kier alpha value is -2.29. The average Bonchev–Trinajstić information content (AvgIpc) is 2.64. The van der Waals surface area contributed by atoms with Gasteiger partial charge in [-0.1, -0.05) is 53.7 Å². The van der Waals surface area contributed by atoms with Gasteiger partial charge in [0.2, 0.25) is 0 Å². The number of aryl methyl sites for hydroxylation is 2. The summed E-state index contributed by atoms with van der Waals surface area (Å²) in [6, 6.07) is 14.5. The van der Waals surface area contributed by atoms with Crippen molar-refractivity contribution >= 4 is 16.6 Å². The van der Waals surface area contributed by atoms with Crippen molar-refractivity contribution in [3.63, 3.8) is 0 Å². The van der Waals surface area contributed by atoms with Crippen LogP contribution in [-0.2, 0) is 24.9 Å². The number of ketones is 1. The molecule has 0 bridgehead atoms. The van der Waals surface area contributed by atoms with Crippen molar-refractivity contribution in [2.45, 2.75) is 67.2 Å². The number of pyridine rings is 1. The van der Waals surface area contributed by atoms with Crippen molar-refractivity contribution in [2.24, 2.45) is 0 Å². The van der Waals surface area contributed by atoms with Crippen LogP contribution in [0.3, 0.4) is 0 Å². The second kappa shape index (κ2) is 12.1. The summed E-state index contributed by atoms with van der Waals surface area (Å²) in [4.78, 5) is 14.7. The summed E-state index contributed by atoms with van der Waals surface area (Å²) in [7, 11) is 0. The van der Waals surface area contributed by atoms with Gasteiger partial charge in [0.05, 0.1) is 5.76 Å².